The quantitative estimate of drug-likeness (QED) is 0.420. The molecule has 0 aliphatic rings. The van der Waals surface area contributed by atoms with Crippen molar-refractivity contribution in [3.8, 4) is 5.75 Å². The van der Waals surface area contributed by atoms with Crippen LogP contribution in [0, 0.1) is 6.92 Å². The first kappa shape index (κ1) is 25.1. The predicted octanol–water partition coefficient (Wildman–Crippen LogP) is 5.90. The van der Waals surface area contributed by atoms with Crippen LogP contribution < -0.4 is 9.64 Å². The molecule has 0 atom stereocenters. The summed E-state index contributed by atoms with van der Waals surface area (Å²) in [4.78, 5) is 17.8. The molecule has 0 aliphatic heterocycles. The molecule has 34 heavy (non-hydrogen) atoms. The molecule has 0 aliphatic carbocycles. The number of nitrogens with zero attached hydrogens (tertiary/aromatic N) is 2. The van der Waals surface area contributed by atoms with E-state index in [-0.39, 0.29) is 0 Å². The van der Waals surface area contributed by atoms with Crippen molar-refractivity contribution >= 4 is 11.8 Å². The minimum absolute atomic E-state index is 0.405. The van der Waals surface area contributed by atoms with Gasteiger partial charge in [-0.1, -0.05) is 30.3 Å². The van der Waals surface area contributed by atoms with E-state index in [1.54, 1.807) is 18.3 Å². The second-order valence-electron chi connectivity index (χ2n) is 8.62. The van der Waals surface area contributed by atoms with E-state index in [1.165, 1.54) is 26.0 Å². The average molecular weight is 473 g/mol. The fraction of sp³-hybridized carbons (Fsp3) is 0.308. The molecule has 3 rings (SSSR count). The molecule has 0 saturated heterocycles. The highest BCUT2D eigenvalue weighted by molar-refractivity contribution is 5.76. The Morgan fingerprint density at radius 2 is 1.59 bits per heavy atom. The molecule has 180 valence electrons. The summed E-state index contributed by atoms with van der Waals surface area (Å²) in [5, 5.41) is 9.21. The maximum absolute atomic E-state index is 12.9. The van der Waals surface area contributed by atoms with E-state index in [1.807, 2.05) is 36.1 Å². The summed E-state index contributed by atoms with van der Waals surface area (Å²) in [6, 6.07) is 16.2. The second-order valence-corrected chi connectivity index (χ2v) is 8.62. The zero-order chi connectivity index (χ0) is 24.9. The van der Waals surface area contributed by atoms with Crippen molar-refractivity contribution in [3.63, 3.8) is 0 Å². The minimum atomic E-state index is -4.37. The zero-order valence-electron chi connectivity index (χ0n) is 19.3. The summed E-state index contributed by atoms with van der Waals surface area (Å²) in [5.74, 6) is 0.132. The third-order valence-corrected chi connectivity index (χ3v) is 5.36. The van der Waals surface area contributed by atoms with Crippen LogP contribution in [0.2, 0.25) is 0 Å². The van der Waals surface area contributed by atoms with Gasteiger partial charge in [0.05, 0.1) is 5.56 Å². The largest absolute Gasteiger partial charge is 0.478 e. The standard InChI is InChI=1S/C26H27F3N2O3/c1-18-4-13-23(30-16-18)31(17-20-5-9-21(10-6-20)26(27,28)29)15-14-19-7-11-22(12-8-19)34-25(2,3)24(32)33/h4-13,16H,14-15,17H2,1-3H3,(H,32,33). The fourth-order valence-corrected chi connectivity index (χ4v) is 3.27. The number of carboxylic acid groups (broad SMARTS) is 1. The normalized spacial score (nSPS) is 11.8. The van der Waals surface area contributed by atoms with Gasteiger partial charge in [0.25, 0.3) is 0 Å². The molecule has 3 aromatic rings. The predicted molar refractivity (Wildman–Crippen MR) is 124 cm³/mol. The maximum Gasteiger partial charge on any atom is 0.416 e. The SMILES string of the molecule is Cc1ccc(N(CCc2ccc(OC(C)(C)C(=O)O)cc2)Cc2ccc(C(F)(F)F)cc2)nc1. The Labute approximate surface area is 196 Å². The number of aromatic nitrogens is 1. The van der Waals surface area contributed by atoms with Gasteiger partial charge in [0.1, 0.15) is 11.6 Å². The topological polar surface area (TPSA) is 62.7 Å². The molecule has 0 radical (unpaired) electrons. The van der Waals surface area contributed by atoms with Crippen molar-refractivity contribution in [3.05, 3.63) is 89.1 Å². The number of aryl methyl sites for hydroxylation is 1. The lowest BCUT2D eigenvalue weighted by Gasteiger charge is -2.25. The number of halogens is 3. The Morgan fingerprint density at radius 1 is 0.971 bits per heavy atom. The van der Waals surface area contributed by atoms with Crippen molar-refractivity contribution in [1.82, 2.24) is 4.98 Å². The number of hydrogen-bond acceptors (Lipinski definition) is 4. The van der Waals surface area contributed by atoms with E-state index in [9.17, 15) is 23.1 Å². The van der Waals surface area contributed by atoms with Gasteiger partial charge in [0.2, 0.25) is 0 Å². The van der Waals surface area contributed by atoms with Crippen molar-refractivity contribution in [2.45, 2.75) is 45.5 Å². The van der Waals surface area contributed by atoms with Crippen LogP contribution in [0.3, 0.4) is 0 Å². The summed E-state index contributed by atoms with van der Waals surface area (Å²) in [7, 11) is 0. The van der Waals surface area contributed by atoms with E-state index in [4.69, 9.17) is 4.74 Å². The Bertz CT molecular complexity index is 1090. The third kappa shape index (κ3) is 6.73. The van der Waals surface area contributed by atoms with E-state index in [0.29, 0.717) is 25.3 Å². The first-order valence-corrected chi connectivity index (χ1v) is 10.8. The number of rotatable bonds is 9. The molecule has 1 heterocycles. The average Bonchev–Trinajstić information content (AvgIpc) is 2.77. The van der Waals surface area contributed by atoms with Crippen LogP contribution in [-0.2, 0) is 23.9 Å². The lowest BCUT2D eigenvalue weighted by Crippen LogP contribution is -2.37. The van der Waals surface area contributed by atoms with Crippen LogP contribution in [0.25, 0.3) is 0 Å². The van der Waals surface area contributed by atoms with Crippen molar-refractivity contribution in [2.75, 3.05) is 11.4 Å². The Balaban J connectivity index is 1.72. The Hall–Kier alpha value is -3.55. The number of aliphatic carboxylic acids is 1. The monoisotopic (exact) mass is 472 g/mol. The summed E-state index contributed by atoms with van der Waals surface area (Å²) in [6.45, 7) is 5.89. The molecular formula is C26H27F3N2O3. The first-order valence-electron chi connectivity index (χ1n) is 10.8. The van der Waals surface area contributed by atoms with Crippen molar-refractivity contribution in [2.24, 2.45) is 0 Å². The van der Waals surface area contributed by atoms with Crippen molar-refractivity contribution in [1.29, 1.82) is 0 Å². The second kappa shape index (κ2) is 10.2. The fourth-order valence-electron chi connectivity index (χ4n) is 3.27. The number of carbonyl (C=O) groups is 1. The van der Waals surface area contributed by atoms with Gasteiger partial charge in [0.15, 0.2) is 5.60 Å². The van der Waals surface area contributed by atoms with Gasteiger partial charge in [-0.05, 0) is 74.2 Å². The molecule has 1 aromatic heterocycles. The number of alkyl halides is 3. The number of hydrogen-bond donors (Lipinski definition) is 1. The number of ether oxygens (including phenoxy) is 1. The van der Waals surface area contributed by atoms with Crippen molar-refractivity contribution < 1.29 is 27.8 Å². The maximum atomic E-state index is 12.9. The first-order chi connectivity index (χ1) is 15.9. The molecular weight excluding hydrogens is 445 g/mol. The number of carboxylic acids is 1. The van der Waals surface area contributed by atoms with Gasteiger partial charge in [-0.15, -0.1) is 0 Å². The number of anilines is 1. The van der Waals surface area contributed by atoms with Crippen LogP contribution in [-0.4, -0.2) is 28.2 Å². The molecule has 1 N–H and O–H groups in total. The van der Waals surface area contributed by atoms with Crippen LogP contribution in [0.1, 0.15) is 36.1 Å². The van der Waals surface area contributed by atoms with E-state index in [2.05, 4.69) is 4.98 Å². The van der Waals surface area contributed by atoms with Gasteiger partial charge in [0, 0.05) is 19.3 Å². The van der Waals surface area contributed by atoms with Gasteiger partial charge in [-0.3, -0.25) is 0 Å². The Morgan fingerprint density at radius 3 is 2.12 bits per heavy atom. The van der Waals surface area contributed by atoms with Crippen LogP contribution in [0.4, 0.5) is 19.0 Å². The van der Waals surface area contributed by atoms with Crippen LogP contribution in [0.5, 0.6) is 5.75 Å². The van der Waals surface area contributed by atoms with E-state index in [0.717, 1.165) is 34.6 Å². The molecule has 0 saturated carbocycles. The molecule has 0 bridgehead atoms. The number of benzene rings is 2. The molecule has 0 amide bonds. The summed E-state index contributed by atoms with van der Waals surface area (Å²) in [6.07, 6.45) is -1.96. The molecule has 0 fully saturated rings. The zero-order valence-corrected chi connectivity index (χ0v) is 19.3. The van der Waals surface area contributed by atoms with Crippen LogP contribution in [0.15, 0.2) is 66.9 Å². The minimum Gasteiger partial charge on any atom is -0.478 e. The smallest absolute Gasteiger partial charge is 0.416 e. The van der Waals surface area contributed by atoms with E-state index >= 15 is 0 Å². The highest BCUT2D eigenvalue weighted by Gasteiger charge is 2.30. The molecule has 0 spiro atoms. The van der Waals surface area contributed by atoms with Gasteiger partial charge >= 0.3 is 12.1 Å². The van der Waals surface area contributed by atoms with Gasteiger partial charge in [-0.2, -0.15) is 13.2 Å². The lowest BCUT2D eigenvalue weighted by atomic mass is 10.1. The third-order valence-electron chi connectivity index (χ3n) is 5.36. The lowest BCUT2D eigenvalue weighted by molar-refractivity contribution is -0.152. The highest BCUT2D eigenvalue weighted by Crippen LogP contribution is 2.29. The number of pyridine rings is 1. The van der Waals surface area contributed by atoms with Gasteiger partial charge < -0.3 is 14.7 Å². The summed E-state index contributed by atoms with van der Waals surface area (Å²) in [5.41, 5.74) is 0.750. The summed E-state index contributed by atoms with van der Waals surface area (Å²) < 4.78 is 44.2. The molecule has 0 unspecified atom stereocenters. The molecule has 8 heteroatoms. The van der Waals surface area contributed by atoms with Gasteiger partial charge in [-0.25, -0.2) is 9.78 Å². The highest BCUT2D eigenvalue weighted by atomic mass is 19.4. The Kier molecular flexibility index (Phi) is 7.49. The summed E-state index contributed by atoms with van der Waals surface area (Å²) >= 11 is 0. The van der Waals surface area contributed by atoms with Crippen LogP contribution >= 0.6 is 0 Å². The molecule has 2 aromatic carbocycles. The molecule has 5 nitrogen and oxygen atoms in total. The van der Waals surface area contributed by atoms with E-state index < -0.39 is 23.3 Å².